The van der Waals surface area contributed by atoms with Gasteiger partial charge in [-0.25, -0.2) is 9.50 Å². The fourth-order valence-electron chi connectivity index (χ4n) is 2.74. The molecule has 10 heteroatoms. The van der Waals surface area contributed by atoms with Crippen molar-refractivity contribution in [2.45, 2.75) is 24.4 Å². The summed E-state index contributed by atoms with van der Waals surface area (Å²) in [5.41, 5.74) is 14.2. The van der Waals surface area contributed by atoms with Gasteiger partial charge >= 0.3 is 0 Å². The molecule has 0 aromatic carbocycles. The highest BCUT2D eigenvalue weighted by molar-refractivity contribution is 5.75. The van der Waals surface area contributed by atoms with E-state index in [4.69, 9.17) is 22.4 Å². The number of nitrogen functional groups attached to an aromatic ring is 1. The van der Waals surface area contributed by atoms with Crippen LogP contribution >= 0.6 is 0 Å². The van der Waals surface area contributed by atoms with E-state index in [1.165, 1.54) is 10.8 Å². The summed E-state index contributed by atoms with van der Waals surface area (Å²) < 4.78 is 7.06. The molecule has 3 heterocycles. The molecule has 10 nitrogen and oxygen atoms in total. The number of hydrogen-bond acceptors (Lipinski definition) is 7. The van der Waals surface area contributed by atoms with Crippen LogP contribution in [0, 0.1) is 12.3 Å². The molecule has 2 aromatic rings. The molecule has 0 saturated carbocycles. The number of rotatable bonds is 3. The second kappa shape index (κ2) is 5.42. The summed E-state index contributed by atoms with van der Waals surface area (Å²) >= 11 is 0. The molecule has 1 aliphatic heterocycles. The van der Waals surface area contributed by atoms with E-state index in [0.717, 1.165) is 0 Å². The van der Waals surface area contributed by atoms with Crippen molar-refractivity contribution in [3.8, 4) is 12.3 Å². The summed E-state index contributed by atoms with van der Waals surface area (Å²) in [6, 6.07) is 1.60. The van der Waals surface area contributed by atoms with Crippen molar-refractivity contribution in [3.05, 3.63) is 34.1 Å². The summed E-state index contributed by atoms with van der Waals surface area (Å²) in [6.07, 6.45) is 4.75. The maximum absolute atomic E-state index is 10.3. The second-order valence-electron chi connectivity index (χ2n) is 5.14. The molecular formula is C13H13N7O3. The largest absolute Gasteiger partial charge is 0.393 e. The molecule has 0 radical (unpaired) electrons. The third-order valence-corrected chi connectivity index (χ3v) is 3.76. The van der Waals surface area contributed by atoms with E-state index >= 15 is 0 Å². The van der Waals surface area contributed by atoms with Crippen LogP contribution < -0.4 is 5.73 Å². The predicted octanol–water partition coefficient (Wildman–Crippen LogP) is 0.114. The molecule has 2 aromatic heterocycles. The number of azide groups is 1. The minimum atomic E-state index is -1.53. The molecule has 1 saturated heterocycles. The standard InChI is InChI=1S/C13H13N7O3/c1-2-7-3-8(20-10(7)12(14)16-6-17-20)11-9(22)4-13(5-21,23-11)18-19-15/h1,3,6,9,11,21-22H,4-5H2,(H2,14,16,17)/t9-,11-,13-/m0/s1. The molecule has 0 amide bonds. The fourth-order valence-corrected chi connectivity index (χ4v) is 2.74. The Balaban J connectivity index is 2.13. The Morgan fingerprint density at radius 1 is 1.70 bits per heavy atom. The lowest BCUT2D eigenvalue weighted by molar-refractivity contribution is -0.0788. The molecule has 0 bridgehead atoms. The highest BCUT2D eigenvalue weighted by Gasteiger charge is 2.47. The molecular weight excluding hydrogens is 302 g/mol. The van der Waals surface area contributed by atoms with Crippen molar-refractivity contribution < 1.29 is 14.9 Å². The molecule has 3 rings (SSSR count). The lowest BCUT2D eigenvalue weighted by Gasteiger charge is -2.20. The number of ether oxygens (including phenoxy) is 1. The Bertz CT molecular complexity index is 851. The second-order valence-corrected chi connectivity index (χ2v) is 5.14. The summed E-state index contributed by atoms with van der Waals surface area (Å²) in [7, 11) is 0. The zero-order valence-corrected chi connectivity index (χ0v) is 11.9. The SMILES string of the molecule is C#Cc1cc([C@@H]2O[C@@](CO)(N=[N+]=[N-])C[C@@H]2O)n2ncnc(N)c12. The van der Waals surface area contributed by atoms with E-state index in [9.17, 15) is 10.2 Å². The topological polar surface area (TPSA) is 155 Å². The lowest BCUT2D eigenvalue weighted by atomic mass is 10.1. The monoisotopic (exact) mass is 315 g/mol. The summed E-state index contributed by atoms with van der Waals surface area (Å²) in [5.74, 6) is 2.67. The first-order chi connectivity index (χ1) is 11.0. The van der Waals surface area contributed by atoms with Gasteiger partial charge in [0.25, 0.3) is 0 Å². The van der Waals surface area contributed by atoms with Crippen LogP contribution in [-0.2, 0) is 4.74 Å². The Kier molecular flexibility index (Phi) is 3.55. The summed E-state index contributed by atoms with van der Waals surface area (Å²) in [5, 5.41) is 27.3. The maximum atomic E-state index is 10.3. The quantitative estimate of drug-likeness (QED) is 0.316. The molecule has 3 atom stereocenters. The average molecular weight is 315 g/mol. The number of nitrogens with zero attached hydrogens (tertiary/aromatic N) is 6. The van der Waals surface area contributed by atoms with Crippen LogP contribution in [0.3, 0.4) is 0 Å². The first kappa shape index (κ1) is 15.1. The Hall–Kier alpha value is -2.83. The maximum Gasteiger partial charge on any atom is 0.173 e. The fraction of sp³-hybridized carbons (Fsp3) is 0.385. The van der Waals surface area contributed by atoms with Crippen LogP contribution in [0.5, 0.6) is 0 Å². The summed E-state index contributed by atoms with van der Waals surface area (Å²) in [6.45, 7) is -0.562. The molecule has 1 aliphatic rings. The number of fused-ring (bicyclic) bond motifs is 1. The zero-order chi connectivity index (χ0) is 16.6. The van der Waals surface area contributed by atoms with Crippen molar-refractivity contribution >= 4 is 11.3 Å². The number of nitrogens with two attached hydrogens (primary N) is 1. The average Bonchev–Trinajstić information content (AvgIpc) is 3.07. The highest BCUT2D eigenvalue weighted by atomic mass is 16.6. The van der Waals surface area contributed by atoms with E-state index in [-0.39, 0.29) is 12.2 Å². The van der Waals surface area contributed by atoms with E-state index in [2.05, 4.69) is 26.0 Å². The number of aromatic nitrogens is 3. The van der Waals surface area contributed by atoms with Gasteiger partial charge in [0.2, 0.25) is 0 Å². The third kappa shape index (κ3) is 2.25. The highest BCUT2D eigenvalue weighted by Crippen LogP contribution is 2.41. The van der Waals surface area contributed by atoms with Crippen LogP contribution in [0.1, 0.15) is 23.8 Å². The zero-order valence-electron chi connectivity index (χ0n) is 11.9. The first-order valence-electron chi connectivity index (χ1n) is 6.67. The number of hydrogen-bond donors (Lipinski definition) is 3. The number of terminal acetylenes is 1. The molecule has 0 spiro atoms. The smallest absolute Gasteiger partial charge is 0.173 e. The number of aliphatic hydroxyl groups is 2. The van der Waals surface area contributed by atoms with Gasteiger partial charge in [0.1, 0.15) is 17.9 Å². The minimum Gasteiger partial charge on any atom is -0.393 e. The van der Waals surface area contributed by atoms with Crippen molar-refractivity contribution in [1.82, 2.24) is 14.6 Å². The molecule has 118 valence electrons. The number of aliphatic hydroxyl groups excluding tert-OH is 2. The minimum absolute atomic E-state index is 0.0581. The molecule has 23 heavy (non-hydrogen) atoms. The van der Waals surface area contributed by atoms with Crippen molar-refractivity contribution in [2.75, 3.05) is 12.3 Å². The third-order valence-electron chi connectivity index (χ3n) is 3.76. The summed E-state index contributed by atoms with van der Waals surface area (Å²) in [4.78, 5) is 6.55. The number of anilines is 1. The van der Waals surface area contributed by atoms with Crippen molar-refractivity contribution in [3.63, 3.8) is 0 Å². The Morgan fingerprint density at radius 2 is 2.48 bits per heavy atom. The molecule has 4 N–H and O–H groups in total. The normalized spacial score (nSPS) is 26.8. The molecule has 1 fully saturated rings. The van der Waals surface area contributed by atoms with Gasteiger partial charge in [-0.15, -0.1) is 6.42 Å². The van der Waals surface area contributed by atoms with Crippen molar-refractivity contribution in [1.29, 1.82) is 0 Å². The van der Waals surface area contributed by atoms with Crippen LogP contribution in [-0.4, -0.2) is 43.2 Å². The predicted molar refractivity (Wildman–Crippen MR) is 78.7 cm³/mol. The van der Waals surface area contributed by atoms with Gasteiger partial charge in [0, 0.05) is 11.3 Å². The van der Waals surface area contributed by atoms with E-state index in [0.29, 0.717) is 16.8 Å². The van der Waals surface area contributed by atoms with Crippen LogP contribution in [0.4, 0.5) is 5.82 Å². The first-order valence-corrected chi connectivity index (χ1v) is 6.67. The Labute approximate surface area is 130 Å². The van der Waals surface area contributed by atoms with E-state index in [1.54, 1.807) is 6.07 Å². The van der Waals surface area contributed by atoms with Crippen LogP contribution in [0.2, 0.25) is 0 Å². The van der Waals surface area contributed by atoms with Crippen LogP contribution in [0.15, 0.2) is 17.5 Å². The van der Waals surface area contributed by atoms with Gasteiger partial charge in [0.15, 0.2) is 11.5 Å². The van der Waals surface area contributed by atoms with Gasteiger partial charge in [-0.05, 0) is 11.6 Å². The van der Waals surface area contributed by atoms with Gasteiger partial charge in [-0.3, -0.25) is 0 Å². The van der Waals surface area contributed by atoms with E-state index < -0.39 is 24.5 Å². The van der Waals surface area contributed by atoms with Gasteiger partial charge in [0.05, 0.1) is 24.0 Å². The Morgan fingerprint density at radius 3 is 3.13 bits per heavy atom. The van der Waals surface area contributed by atoms with E-state index in [1.807, 2.05) is 0 Å². The van der Waals surface area contributed by atoms with Gasteiger partial charge < -0.3 is 20.7 Å². The lowest BCUT2D eigenvalue weighted by Crippen LogP contribution is -2.29. The molecule has 0 aliphatic carbocycles. The van der Waals surface area contributed by atoms with Crippen molar-refractivity contribution in [2.24, 2.45) is 5.11 Å². The van der Waals surface area contributed by atoms with Gasteiger partial charge in [-0.2, -0.15) is 5.10 Å². The molecule has 0 unspecified atom stereocenters. The van der Waals surface area contributed by atoms with Crippen LogP contribution in [0.25, 0.3) is 16.0 Å². The van der Waals surface area contributed by atoms with Gasteiger partial charge in [-0.1, -0.05) is 11.0 Å².